The van der Waals surface area contributed by atoms with Gasteiger partial charge in [0.2, 0.25) is 0 Å². The van der Waals surface area contributed by atoms with Crippen molar-refractivity contribution in [1.82, 2.24) is 4.98 Å². The van der Waals surface area contributed by atoms with Crippen molar-refractivity contribution in [3.63, 3.8) is 0 Å². The van der Waals surface area contributed by atoms with Gasteiger partial charge in [-0.15, -0.1) is 0 Å². The highest BCUT2D eigenvalue weighted by atomic mass is 32.2. The minimum absolute atomic E-state index is 0.0561. The molecule has 1 aliphatic heterocycles. The number of ether oxygens (including phenoxy) is 1. The Morgan fingerprint density at radius 1 is 1.18 bits per heavy atom. The number of pyridine rings is 1. The van der Waals surface area contributed by atoms with E-state index in [9.17, 15) is 23.1 Å². The van der Waals surface area contributed by atoms with Crippen LogP contribution in [0.4, 0.5) is 13.2 Å². The van der Waals surface area contributed by atoms with Crippen molar-refractivity contribution in [1.29, 1.82) is 0 Å². The smallest absolute Gasteiger partial charge is 0.309 e. The first kappa shape index (κ1) is 23.3. The molecular formula is C25H22F3NO3S. The van der Waals surface area contributed by atoms with E-state index < -0.39 is 35.6 Å². The second kappa shape index (κ2) is 9.57. The molecule has 8 heteroatoms. The van der Waals surface area contributed by atoms with Crippen LogP contribution in [0.5, 0.6) is 0 Å². The molecule has 0 amide bonds. The highest BCUT2D eigenvalue weighted by Crippen LogP contribution is 2.38. The number of carbonyl (C=O) groups is 1. The minimum Gasteiger partial charge on any atom is -0.458 e. The number of rotatable bonds is 5. The van der Waals surface area contributed by atoms with Gasteiger partial charge in [0.1, 0.15) is 11.6 Å². The van der Waals surface area contributed by atoms with Crippen LogP contribution >= 0.6 is 11.8 Å². The molecule has 1 aromatic heterocycles. The van der Waals surface area contributed by atoms with E-state index in [4.69, 9.17) is 4.74 Å². The lowest BCUT2D eigenvalue weighted by Crippen LogP contribution is -2.31. The quantitative estimate of drug-likeness (QED) is 0.364. The number of benzene rings is 2. The molecule has 0 bridgehead atoms. The number of nitrogens with zero attached hydrogens (tertiary/aromatic N) is 1. The van der Waals surface area contributed by atoms with Crippen LogP contribution in [0, 0.1) is 17.5 Å². The molecule has 4 rings (SSSR count). The molecule has 2 aromatic carbocycles. The zero-order chi connectivity index (χ0) is 23.7. The Morgan fingerprint density at radius 3 is 2.58 bits per heavy atom. The van der Waals surface area contributed by atoms with Gasteiger partial charge < -0.3 is 9.84 Å². The molecule has 1 saturated heterocycles. The van der Waals surface area contributed by atoms with E-state index in [-0.39, 0.29) is 23.7 Å². The third-order valence-corrected chi connectivity index (χ3v) is 6.59. The fourth-order valence-corrected chi connectivity index (χ4v) is 4.65. The number of fused-ring (bicyclic) bond motifs is 1. The van der Waals surface area contributed by atoms with Gasteiger partial charge in [0.05, 0.1) is 12.5 Å². The molecule has 2 unspecified atom stereocenters. The van der Waals surface area contributed by atoms with Crippen LogP contribution in [-0.2, 0) is 9.53 Å². The van der Waals surface area contributed by atoms with Crippen molar-refractivity contribution in [2.45, 2.75) is 54.6 Å². The molecule has 2 atom stereocenters. The average Bonchev–Trinajstić information content (AvgIpc) is 2.77. The fraction of sp³-hybridized carbons (Fsp3) is 0.280. The van der Waals surface area contributed by atoms with Crippen LogP contribution in [0.3, 0.4) is 0 Å². The Kier molecular flexibility index (Phi) is 6.76. The van der Waals surface area contributed by atoms with Crippen LogP contribution in [0.1, 0.15) is 43.7 Å². The van der Waals surface area contributed by atoms with Gasteiger partial charge in [0, 0.05) is 33.4 Å². The molecular weight excluding hydrogens is 451 g/mol. The van der Waals surface area contributed by atoms with Gasteiger partial charge >= 0.3 is 5.97 Å². The summed E-state index contributed by atoms with van der Waals surface area (Å²) < 4.78 is 47.6. The standard InChI is InChI=1S/C25H22F3NO3S/c1-13(2)14-4-7-18(8-5-14)33-25-15(3-6-17-9-16(30)10-21(31)32-17)12-29-24-19(25)11-20(26)22(27)23(24)28/h3-8,11-13,16-17,30H,9-10H2,1-2H3/b6-3+. The van der Waals surface area contributed by atoms with Crippen molar-refractivity contribution >= 4 is 34.7 Å². The summed E-state index contributed by atoms with van der Waals surface area (Å²) in [4.78, 5) is 16.9. The van der Waals surface area contributed by atoms with Crippen molar-refractivity contribution < 1.29 is 27.8 Å². The number of hydrogen-bond donors (Lipinski definition) is 1. The second-order valence-corrected chi connectivity index (χ2v) is 9.32. The van der Waals surface area contributed by atoms with Crippen molar-refractivity contribution in [2.75, 3.05) is 0 Å². The summed E-state index contributed by atoms with van der Waals surface area (Å²) in [5.41, 5.74) is 1.39. The van der Waals surface area contributed by atoms with E-state index in [1.54, 1.807) is 12.2 Å². The predicted octanol–water partition coefficient (Wildman–Crippen LogP) is 6.01. The number of esters is 1. The van der Waals surface area contributed by atoms with E-state index in [0.29, 0.717) is 16.4 Å². The first-order valence-electron chi connectivity index (χ1n) is 10.5. The molecule has 172 valence electrons. The first-order valence-corrected chi connectivity index (χ1v) is 11.3. The molecule has 0 aliphatic carbocycles. The lowest BCUT2D eigenvalue weighted by Gasteiger charge is -2.23. The third-order valence-electron chi connectivity index (χ3n) is 5.42. The molecule has 0 spiro atoms. The summed E-state index contributed by atoms with van der Waals surface area (Å²) in [6.07, 6.45) is 3.36. The number of aliphatic hydroxyl groups is 1. The van der Waals surface area contributed by atoms with Gasteiger partial charge in [-0.1, -0.05) is 43.8 Å². The Bertz CT molecular complexity index is 1230. The maximum Gasteiger partial charge on any atom is 0.309 e. The number of aromatic nitrogens is 1. The number of cyclic esters (lactones) is 1. The summed E-state index contributed by atoms with van der Waals surface area (Å²) in [5.74, 6) is -4.37. The molecule has 2 heterocycles. The van der Waals surface area contributed by atoms with Gasteiger partial charge in [-0.3, -0.25) is 9.78 Å². The Balaban J connectivity index is 1.78. The van der Waals surface area contributed by atoms with Crippen LogP contribution in [0.25, 0.3) is 17.0 Å². The molecule has 33 heavy (non-hydrogen) atoms. The molecule has 0 radical (unpaired) electrons. The molecule has 1 N–H and O–H groups in total. The summed E-state index contributed by atoms with van der Waals surface area (Å²) in [6, 6.07) is 8.73. The molecule has 4 nitrogen and oxygen atoms in total. The first-order chi connectivity index (χ1) is 15.7. The largest absolute Gasteiger partial charge is 0.458 e. The molecule has 0 saturated carbocycles. The van der Waals surface area contributed by atoms with E-state index >= 15 is 0 Å². The molecule has 3 aromatic rings. The van der Waals surface area contributed by atoms with Gasteiger partial charge in [0.25, 0.3) is 0 Å². The second-order valence-electron chi connectivity index (χ2n) is 8.23. The van der Waals surface area contributed by atoms with Gasteiger partial charge in [0.15, 0.2) is 17.5 Å². The average molecular weight is 474 g/mol. The summed E-state index contributed by atoms with van der Waals surface area (Å²) in [6.45, 7) is 4.16. The highest BCUT2D eigenvalue weighted by Gasteiger charge is 2.25. The zero-order valence-corrected chi connectivity index (χ0v) is 18.8. The Morgan fingerprint density at radius 2 is 1.91 bits per heavy atom. The number of carbonyl (C=O) groups excluding carboxylic acids is 1. The number of hydrogen-bond acceptors (Lipinski definition) is 5. The Labute approximate surface area is 193 Å². The topological polar surface area (TPSA) is 59.4 Å². The maximum absolute atomic E-state index is 14.4. The number of aliphatic hydroxyl groups excluding tert-OH is 1. The Hall–Kier alpha value is -2.84. The van der Waals surface area contributed by atoms with E-state index in [1.165, 1.54) is 18.0 Å². The highest BCUT2D eigenvalue weighted by molar-refractivity contribution is 7.99. The van der Waals surface area contributed by atoms with Crippen LogP contribution < -0.4 is 0 Å². The summed E-state index contributed by atoms with van der Waals surface area (Å²) in [7, 11) is 0. The summed E-state index contributed by atoms with van der Waals surface area (Å²) >= 11 is 1.27. The van der Waals surface area contributed by atoms with Crippen molar-refractivity contribution in [3.8, 4) is 0 Å². The van der Waals surface area contributed by atoms with Crippen molar-refractivity contribution in [3.05, 3.63) is 71.2 Å². The zero-order valence-electron chi connectivity index (χ0n) is 18.0. The minimum atomic E-state index is -1.57. The lowest BCUT2D eigenvalue weighted by atomic mass is 10.0. The SMILES string of the molecule is CC(C)c1ccc(Sc2c(/C=C/C3CC(O)CC(=O)O3)cnc3c(F)c(F)c(F)cc23)cc1. The van der Waals surface area contributed by atoms with E-state index in [2.05, 4.69) is 18.8 Å². The number of halogens is 3. The van der Waals surface area contributed by atoms with E-state index in [0.717, 1.165) is 16.5 Å². The fourth-order valence-electron chi connectivity index (χ4n) is 3.64. The summed E-state index contributed by atoms with van der Waals surface area (Å²) in [5, 5.41) is 9.95. The third kappa shape index (κ3) is 5.07. The molecule has 1 aliphatic rings. The van der Waals surface area contributed by atoms with Gasteiger partial charge in [-0.25, -0.2) is 13.2 Å². The predicted molar refractivity (Wildman–Crippen MR) is 120 cm³/mol. The van der Waals surface area contributed by atoms with Crippen LogP contribution in [0.15, 0.2) is 52.4 Å². The normalized spacial score (nSPS) is 18.9. The van der Waals surface area contributed by atoms with Gasteiger partial charge in [-0.05, 0) is 35.8 Å². The van der Waals surface area contributed by atoms with Crippen molar-refractivity contribution in [2.24, 2.45) is 0 Å². The molecule has 1 fully saturated rings. The monoisotopic (exact) mass is 473 g/mol. The van der Waals surface area contributed by atoms with Gasteiger partial charge in [-0.2, -0.15) is 0 Å². The lowest BCUT2D eigenvalue weighted by molar-refractivity contribution is -0.156. The van der Waals surface area contributed by atoms with Crippen LogP contribution in [0.2, 0.25) is 0 Å². The van der Waals surface area contributed by atoms with Crippen LogP contribution in [-0.4, -0.2) is 28.3 Å². The van der Waals surface area contributed by atoms with E-state index in [1.807, 2.05) is 24.3 Å². The maximum atomic E-state index is 14.4.